The minimum absolute atomic E-state index is 0.157. The van der Waals surface area contributed by atoms with E-state index in [1.807, 2.05) is 26.0 Å². The Hall–Kier alpha value is -0.440. The van der Waals surface area contributed by atoms with Crippen molar-refractivity contribution in [3.8, 4) is 0 Å². The predicted octanol–water partition coefficient (Wildman–Crippen LogP) is 3.53. The Morgan fingerprint density at radius 1 is 1.20 bits per heavy atom. The van der Waals surface area contributed by atoms with E-state index in [2.05, 4.69) is 5.32 Å². The molecular weight excluding hydrogens is 231 g/mol. The molecule has 0 atom stereocenters. The lowest BCUT2D eigenvalue weighted by atomic mass is 10.0. The highest BCUT2D eigenvalue weighted by Gasteiger charge is 2.09. The molecule has 0 aromatic heterocycles. The molecule has 2 nitrogen and oxygen atoms in total. The van der Waals surface area contributed by atoms with Crippen LogP contribution < -0.4 is 11.1 Å². The fraction of sp³-hybridized carbons (Fsp3) is 0.455. The summed E-state index contributed by atoms with van der Waals surface area (Å²) in [5.74, 6) is 0. The normalized spacial score (nSPS) is 11.5. The minimum Gasteiger partial charge on any atom is -0.385 e. The van der Waals surface area contributed by atoms with E-state index >= 15 is 0 Å². The molecule has 1 aromatic carbocycles. The van der Waals surface area contributed by atoms with E-state index in [1.54, 1.807) is 6.07 Å². The number of hydrogen-bond donors (Lipinski definition) is 2. The van der Waals surface area contributed by atoms with Crippen LogP contribution in [-0.4, -0.2) is 12.1 Å². The first-order valence-electron chi connectivity index (χ1n) is 4.86. The highest BCUT2D eigenvalue weighted by molar-refractivity contribution is 6.35. The lowest BCUT2D eigenvalue weighted by Crippen LogP contribution is -2.34. The van der Waals surface area contributed by atoms with E-state index in [0.29, 0.717) is 10.0 Å². The molecule has 0 aliphatic carbocycles. The summed E-state index contributed by atoms with van der Waals surface area (Å²) in [6.07, 6.45) is 0.886. The van der Waals surface area contributed by atoms with Crippen LogP contribution in [-0.2, 0) is 0 Å². The summed E-state index contributed by atoms with van der Waals surface area (Å²) in [6.45, 7) is 4.80. The molecule has 15 heavy (non-hydrogen) atoms. The molecule has 1 aromatic rings. The van der Waals surface area contributed by atoms with Gasteiger partial charge in [0, 0.05) is 27.8 Å². The second kappa shape index (κ2) is 5.06. The highest BCUT2D eigenvalue weighted by atomic mass is 35.5. The third-order valence-corrected chi connectivity index (χ3v) is 2.40. The maximum atomic E-state index is 5.87. The van der Waals surface area contributed by atoms with Gasteiger partial charge in [0.15, 0.2) is 0 Å². The fourth-order valence-electron chi connectivity index (χ4n) is 1.18. The van der Waals surface area contributed by atoms with Crippen LogP contribution in [0.5, 0.6) is 0 Å². The second-order valence-electron chi connectivity index (χ2n) is 4.32. The quantitative estimate of drug-likeness (QED) is 0.854. The van der Waals surface area contributed by atoms with Crippen molar-refractivity contribution in [2.45, 2.75) is 25.8 Å². The van der Waals surface area contributed by atoms with Crippen molar-refractivity contribution in [3.63, 3.8) is 0 Å². The van der Waals surface area contributed by atoms with Gasteiger partial charge in [-0.15, -0.1) is 0 Å². The standard InChI is InChI=1S/C11H16Cl2N2/c1-11(2,14)3-4-15-10-6-8(12)5-9(13)7-10/h5-7,15H,3-4,14H2,1-2H3. The molecular formula is C11H16Cl2N2. The third-order valence-electron chi connectivity index (χ3n) is 1.96. The Kier molecular flexibility index (Phi) is 4.26. The number of benzene rings is 1. The van der Waals surface area contributed by atoms with E-state index < -0.39 is 0 Å². The summed E-state index contributed by atoms with van der Waals surface area (Å²) >= 11 is 11.7. The Balaban J connectivity index is 2.51. The van der Waals surface area contributed by atoms with E-state index in [9.17, 15) is 0 Å². The number of nitrogens with two attached hydrogens (primary N) is 1. The van der Waals surface area contributed by atoms with Gasteiger partial charge in [0.25, 0.3) is 0 Å². The first kappa shape index (κ1) is 12.6. The van der Waals surface area contributed by atoms with Crippen LogP contribution in [0.25, 0.3) is 0 Å². The first-order chi connectivity index (χ1) is 6.87. The Bertz CT molecular complexity index is 312. The number of anilines is 1. The molecule has 0 aliphatic rings. The molecule has 0 unspecified atom stereocenters. The van der Waals surface area contributed by atoms with Gasteiger partial charge >= 0.3 is 0 Å². The SMILES string of the molecule is CC(C)(N)CCNc1cc(Cl)cc(Cl)c1. The average molecular weight is 247 g/mol. The van der Waals surface area contributed by atoms with Crippen LogP contribution in [0, 0.1) is 0 Å². The largest absolute Gasteiger partial charge is 0.385 e. The van der Waals surface area contributed by atoms with Gasteiger partial charge < -0.3 is 11.1 Å². The Labute approximate surface area is 101 Å². The second-order valence-corrected chi connectivity index (χ2v) is 5.20. The predicted molar refractivity (Wildman–Crippen MR) is 67.8 cm³/mol. The first-order valence-corrected chi connectivity index (χ1v) is 5.61. The van der Waals surface area contributed by atoms with Crippen LogP contribution in [0.2, 0.25) is 10.0 Å². The van der Waals surface area contributed by atoms with Gasteiger partial charge in [-0.2, -0.15) is 0 Å². The fourth-order valence-corrected chi connectivity index (χ4v) is 1.71. The van der Waals surface area contributed by atoms with Gasteiger partial charge in [0.1, 0.15) is 0 Å². The summed E-state index contributed by atoms with van der Waals surface area (Å²) in [5.41, 5.74) is 6.64. The zero-order valence-electron chi connectivity index (χ0n) is 8.98. The van der Waals surface area contributed by atoms with Crippen molar-refractivity contribution >= 4 is 28.9 Å². The molecule has 4 heteroatoms. The molecule has 0 radical (unpaired) electrons. The van der Waals surface area contributed by atoms with Gasteiger partial charge in [-0.05, 0) is 38.5 Å². The summed E-state index contributed by atoms with van der Waals surface area (Å²) < 4.78 is 0. The van der Waals surface area contributed by atoms with E-state index in [-0.39, 0.29) is 5.54 Å². The molecule has 0 heterocycles. The third kappa shape index (κ3) is 5.26. The molecule has 84 valence electrons. The van der Waals surface area contributed by atoms with Gasteiger partial charge in [0.05, 0.1) is 0 Å². The summed E-state index contributed by atoms with van der Waals surface area (Å²) in [4.78, 5) is 0. The van der Waals surface area contributed by atoms with Crippen LogP contribution >= 0.6 is 23.2 Å². The van der Waals surface area contributed by atoms with Crippen LogP contribution in [0.15, 0.2) is 18.2 Å². The van der Waals surface area contributed by atoms with Gasteiger partial charge in [-0.3, -0.25) is 0 Å². The molecule has 0 saturated carbocycles. The van der Waals surface area contributed by atoms with E-state index in [4.69, 9.17) is 28.9 Å². The Morgan fingerprint density at radius 3 is 2.20 bits per heavy atom. The monoisotopic (exact) mass is 246 g/mol. The van der Waals surface area contributed by atoms with Crippen molar-refractivity contribution in [3.05, 3.63) is 28.2 Å². The van der Waals surface area contributed by atoms with Gasteiger partial charge in [-0.1, -0.05) is 23.2 Å². The van der Waals surface area contributed by atoms with Crippen molar-refractivity contribution in [2.75, 3.05) is 11.9 Å². The van der Waals surface area contributed by atoms with Crippen molar-refractivity contribution in [1.29, 1.82) is 0 Å². The van der Waals surface area contributed by atoms with E-state index in [0.717, 1.165) is 18.7 Å². The molecule has 3 N–H and O–H groups in total. The number of halogens is 2. The summed E-state index contributed by atoms with van der Waals surface area (Å²) in [6, 6.07) is 5.40. The molecule has 0 bridgehead atoms. The van der Waals surface area contributed by atoms with Gasteiger partial charge in [0.2, 0.25) is 0 Å². The Morgan fingerprint density at radius 2 is 1.73 bits per heavy atom. The molecule has 0 spiro atoms. The lowest BCUT2D eigenvalue weighted by molar-refractivity contribution is 0.491. The van der Waals surface area contributed by atoms with Crippen molar-refractivity contribution < 1.29 is 0 Å². The number of rotatable bonds is 4. The molecule has 0 amide bonds. The van der Waals surface area contributed by atoms with Crippen LogP contribution in [0.1, 0.15) is 20.3 Å². The van der Waals surface area contributed by atoms with E-state index in [1.165, 1.54) is 0 Å². The average Bonchev–Trinajstić information content (AvgIpc) is 1.99. The number of nitrogens with one attached hydrogen (secondary N) is 1. The highest BCUT2D eigenvalue weighted by Crippen LogP contribution is 2.22. The zero-order valence-corrected chi connectivity index (χ0v) is 10.5. The molecule has 0 fully saturated rings. The molecule has 0 aliphatic heterocycles. The molecule has 0 saturated heterocycles. The summed E-state index contributed by atoms with van der Waals surface area (Å²) in [7, 11) is 0. The molecule has 1 rings (SSSR count). The smallest absolute Gasteiger partial charge is 0.0441 e. The van der Waals surface area contributed by atoms with Crippen LogP contribution in [0.3, 0.4) is 0 Å². The van der Waals surface area contributed by atoms with Crippen LogP contribution in [0.4, 0.5) is 5.69 Å². The van der Waals surface area contributed by atoms with Crippen molar-refractivity contribution in [1.82, 2.24) is 0 Å². The maximum absolute atomic E-state index is 5.87. The topological polar surface area (TPSA) is 38.0 Å². The zero-order chi connectivity index (χ0) is 11.5. The van der Waals surface area contributed by atoms with Gasteiger partial charge in [-0.25, -0.2) is 0 Å². The number of hydrogen-bond acceptors (Lipinski definition) is 2. The van der Waals surface area contributed by atoms with Crippen molar-refractivity contribution in [2.24, 2.45) is 5.73 Å². The lowest BCUT2D eigenvalue weighted by Gasteiger charge is -2.18. The minimum atomic E-state index is -0.157. The summed E-state index contributed by atoms with van der Waals surface area (Å²) in [5, 5.41) is 4.51. The maximum Gasteiger partial charge on any atom is 0.0441 e.